The zero-order valence-corrected chi connectivity index (χ0v) is 29.4. The molecule has 0 atom stereocenters. The van der Waals surface area contributed by atoms with Crippen molar-refractivity contribution in [3.05, 3.63) is 182 Å². The van der Waals surface area contributed by atoms with E-state index < -0.39 is 0 Å². The summed E-state index contributed by atoms with van der Waals surface area (Å²) in [5, 5.41) is 1.01. The molecule has 258 valence electrons. The number of hydrogen-bond acceptors (Lipinski definition) is 5. The summed E-state index contributed by atoms with van der Waals surface area (Å²) in [6.45, 7) is 0. The normalized spacial score (nSPS) is 11.6. The number of furan rings is 1. The molecule has 0 saturated heterocycles. The molecule has 4 aromatic heterocycles. The Hall–Kier alpha value is -7.64. The van der Waals surface area contributed by atoms with Crippen molar-refractivity contribution in [2.24, 2.45) is 0 Å². The summed E-state index contributed by atoms with van der Waals surface area (Å²) in [5.41, 5.74) is 12.7. The van der Waals surface area contributed by atoms with E-state index in [1.807, 2.05) is 84.9 Å². The highest BCUT2D eigenvalue weighted by Crippen LogP contribution is 2.37. The van der Waals surface area contributed by atoms with Crippen molar-refractivity contribution in [1.82, 2.24) is 28.9 Å². The van der Waals surface area contributed by atoms with Gasteiger partial charge in [-0.25, -0.2) is 24.3 Å². The molecule has 7 aromatic carbocycles. The van der Waals surface area contributed by atoms with E-state index in [9.17, 15) is 0 Å². The number of hydrogen-bond donors (Lipinski definition) is 0. The van der Waals surface area contributed by atoms with E-state index in [0.29, 0.717) is 17.5 Å². The van der Waals surface area contributed by atoms with Crippen molar-refractivity contribution in [3.8, 4) is 62.1 Å². The Morgan fingerprint density at radius 1 is 0.382 bits per heavy atom. The van der Waals surface area contributed by atoms with Gasteiger partial charge in [0.25, 0.3) is 0 Å². The average Bonchev–Trinajstić information content (AvgIpc) is 3.91. The average molecular weight is 707 g/mol. The highest BCUT2D eigenvalue weighted by molar-refractivity contribution is 6.05. The fourth-order valence-corrected chi connectivity index (χ4v) is 7.55. The van der Waals surface area contributed by atoms with Crippen molar-refractivity contribution in [2.45, 2.75) is 0 Å². The number of rotatable bonds is 6. The van der Waals surface area contributed by atoms with Gasteiger partial charge in [0.2, 0.25) is 11.5 Å². The summed E-state index contributed by atoms with van der Waals surface area (Å²) in [6.07, 6.45) is 0. The van der Waals surface area contributed by atoms with Crippen LogP contribution in [0.3, 0.4) is 0 Å². The third-order valence-corrected chi connectivity index (χ3v) is 10.2. The zero-order chi connectivity index (χ0) is 36.3. The lowest BCUT2D eigenvalue weighted by molar-refractivity contribution is 0.651. The number of aromatic nitrogens is 6. The second kappa shape index (κ2) is 12.5. The molecule has 4 heterocycles. The Bertz CT molecular complexity index is 3140. The molecule has 0 saturated carbocycles. The first-order valence-corrected chi connectivity index (χ1v) is 18.2. The van der Waals surface area contributed by atoms with Gasteiger partial charge in [-0.1, -0.05) is 133 Å². The fourth-order valence-electron chi connectivity index (χ4n) is 7.55. The van der Waals surface area contributed by atoms with Gasteiger partial charge in [0.15, 0.2) is 17.5 Å². The van der Waals surface area contributed by atoms with Gasteiger partial charge in [-0.3, -0.25) is 4.57 Å². The van der Waals surface area contributed by atoms with E-state index in [0.717, 1.165) is 83.6 Å². The van der Waals surface area contributed by atoms with Crippen molar-refractivity contribution >= 4 is 39.0 Å². The maximum atomic E-state index is 6.42. The Balaban J connectivity index is 1.02. The van der Waals surface area contributed by atoms with Crippen LogP contribution in [0.5, 0.6) is 0 Å². The first kappa shape index (κ1) is 30.9. The Morgan fingerprint density at radius 3 is 1.55 bits per heavy atom. The van der Waals surface area contributed by atoms with Gasteiger partial charge in [-0.05, 0) is 70.8 Å². The van der Waals surface area contributed by atoms with E-state index >= 15 is 0 Å². The van der Waals surface area contributed by atoms with Crippen LogP contribution in [0, 0.1) is 0 Å². The van der Waals surface area contributed by atoms with Gasteiger partial charge in [0.05, 0.1) is 11.0 Å². The number of benzene rings is 7. The van der Waals surface area contributed by atoms with Crippen LogP contribution < -0.4 is 0 Å². The Labute approximate surface area is 315 Å². The minimum absolute atomic E-state index is 0.626. The largest absolute Gasteiger partial charge is 0.437 e. The van der Waals surface area contributed by atoms with E-state index in [-0.39, 0.29) is 0 Å². The summed E-state index contributed by atoms with van der Waals surface area (Å²) in [6, 6.07) is 62.3. The molecule has 7 nitrogen and oxygen atoms in total. The third kappa shape index (κ3) is 5.21. The molecule has 0 N–H and O–H groups in total. The van der Waals surface area contributed by atoms with Crippen LogP contribution in [0.25, 0.3) is 101 Å². The van der Waals surface area contributed by atoms with E-state index in [4.69, 9.17) is 24.4 Å². The molecule has 0 aliphatic carbocycles. The molecular weight excluding hydrogens is 677 g/mol. The maximum absolute atomic E-state index is 6.42. The van der Waals surface area contributed by atoms with Gasteiger partial charge in [0, 0.05) is 27.8 Å². The second-order valence-corrected chi connectivity index (χ2v) is 13.6. The van der Waals surface area contributed by atoms with Crippen molar-refractivity contribution in [3.63, 3.8) is 0 Å². The summed E-state index contributed by atoms with van der Waals surface area (Å²) in [4.78, 5) is 20.0. The number of imidazole rings is 2. The smallest absolute Gasteiger partial charge is 0.234 e. The fraction of sp³-hybridized carbons (Fsp3) is 0. The summed E-state index contributed by atoms with van der Waals surface area (Å²) < 4.78 is 10.8. The molecule has 0 amide bonds. The zero-order valence-electron chi connectivity index (χ0n) is 29.4. The standard InChI is InChI=1S/C48H30N6O/c1-4-14-31(15-5-1)44-50-45(32-16-6-2-7-17-32)52-46(51-44)37-21-13-20-35(29-37)33-18-12-19-34(28-33)36-26-27-40-41(30-36)53(38-22-8-3-9-23-38)48-49-43-39-24-10-11-25-42(39)55-47(43)54(40)48/h1-30H. The molecule has 55 heavy (non-hydrogen) atoms. The SMILES string of the molecule is c1ccc(-c2nc(-c3ccccc3)nc(-c3cccc(-c4cccc(-c5ccc6c(c5)n(-c5ccccc5)c5nc7c8ccccc8oc7n65)c4)c3)n2)cc1. The van der Waals surface area contributed by atoms with Crippen molar-refractivity contribution < 1.29 is 4.42 Å². The third-order valence-electron chi connectivity index (χ3n) is 10.2. The molecule has 0 radical (unpaired) electrons. The summed E-state index contributed by atoms with van der Waals surface area (Å²) in [7, 11) is 0. The van der Waals surface area contributed by atoms with Crippen LogP contribution in [0.2, 0.25) is 0 Å². The van der Waals surface area contributed by atoms with Gasteiger partial charge >= 0.3 is 0 Å². The monoisotopic (exact) mass is 706 g/mol. The maximum Gasteiger partial charge on any atom is 0.234 e. The Morgan fingerprint density at radius 2 is 0.891 bits per heavy atom. The van der Waals surface area contributed by atoms with Gasteiger partial charge < -0.3 is 4.42 Å². The van der Waals surface area contributed by atoms with Crippen LogP contribution in [-0.2, 0) is 0 Å². The van der Waals surface area contributed by atoms with Crippen molar-refractivity contribution in [1.29, 1.82) is 0 Å². The van der Waals surface area contributed by atoms with Gasteiger partial charge in [-0.2, -0.15) is 0 Å². The first-order valence-electron chi connectivity index (χ1n) is 18.2. The van der Waals surface area contributed by atoms with Gasteiger partial charge in [0.1, 0.15) is 11.1 Å². The molecule has 11 aromatic rings. The van der Waals surface area contributed by atoms with Crippen molar-refractivity contribution in [2.75, 3.05) is 0 Å². The molecule has 0 unspecified atom stereocenters. The quantitative estimate of drug-likeness (QED) is 0.172. The highest BCUT2D eigenvalue weighted by atomic mass is 16.3. The predicted molar refractivity (Wildman–Crippen MR) is 220 cm³/mol. The molecule has 0 spiro atoms. The molecule has 0 bridgehead atoms. The van der Waals surface area contributed by atoms with E-state index in [1.165, 1.54) is 0 Å². The first-order chi connectivity index (χ1) is 27.2. The number of nitrogens with zero attached hydrogens (tertiary/aromatic N) is 6. The molecule has 0 fully saturated rings. The minimum Gasteiger partial charge on any atom is -0.437 e. The lowest BCUT2D eigenvalue weighted by Gasteiger charge is -2.11. The highest BCUT2D eigenvalue weighted by Gasteiger charge is 2.22. The van der Waals surface area contributed by atoms with Crippen LogP contribution in [0.1, 0.15) is 0 Å². The number of para-hydroxylation sites is 2. The van der Waals surface area contributed by atoms with Crippen LogP contribution >= 0.6 is 0 Å². The van der Waals surface area contributed by atoms with E-state index in [2.05, 4.69) is 106 Å². The van der Waals surface area contributed by atoms with Crippen LogP contribution in [0.15, 0.2) is 186 Å². The number of fused-ring (bicyclic) bond motifs is 7. The summed E-state index contributed by atoms with van der Waals surface area (Å²) in [5.74, 6) is 2.72. The lowest BCUT2D eigenvalue weighted by Crippen LogP contribution is -2.00. The predicted octanol–water partition coefficient (Wildman–Crippen LogP) is 11.7. The topological polar surface area (TPSA) is 74.0 Å². The molecule has 0 aliphatic heterocycles. The molecular formula is C48H30N6O. The molecule has 0 aliphatic rings. The summed E-state index contributed by atoms with van der Waals surface area (Å²) >= 11 is 0. The van der Waals surface area contributed by atoms with Gasteiger partial charge in [-0.15, -0.1) is 0 Å². The lowest BCUT2D eigenvalue weighted by atomic mass is 9.97. The minimum atomic E-state index is 0.626. The Kier molecular flexibility index (Phi) is 7.03. The van der Waals surface area contributed by atoms with Crippen LogP contribution in [-0.4, -0.2) is 28.9 Å². The van der Waals surface area contributed by atoms with Crippen LogP contribution in [0.4, 0.5) is 0 Å². The molecule has 7 heteroatoms. The van der Waals surface area contributed by atoms with E-state index in [1.54, 1.807) is 0 Å². The molecule has 11 rings (SSSR count). The second-order valence-electron chi connectivity index (χ2n) is 13.6.